The van der Waals surface area contributed by atoms with Gasteiger partial charge in [-0.1, -0.05) is 32.9 Å². The van der Waals surface area contributed by atoms with Crippen LogP contribution in [0.2, 0.25) is 0 Å². The van der Waals surface area contributed by atoms with Gasteiger partial charge in [-0.25, -0.2) is 4.39 Å². The molecule has 1 fully saturated rings. The van der Waals surface area contributed by atoms with Gasteiger partial charge in [-0.2, -0.15) is 0 Å². The first-order valence-corrected chi connectivity index (χ1v) is 8.44. The van der Waals surface area contributed by atoms with E-state index >= 15 is 0 Å². The molecule has 1 aliphatic carbocycles. The Kier molecular flexibility index (Phi) is 5.62. The lowest BCUT2D eigenvalue weighted by Crippen LogP contribution is -2.35. The fraction of sp³-hybridized carbons (Fsp3) is 0.579. The third kappa shape index (κ3) is 5.05. The van der Waals surface area contributed by atoms with Crippen LogP contribution in [0.4, 0.5) is 4.39 Å². The minimum Gasteiger partial charge on any atom is -0.481 e. The minimum absolute atomic E-state index is 0.00832. The van der Waals surface area contributed by atoms with Gasteiger partial charge in [0.05, 0.1) is 12.0 Å². The number of aliphatic carboxylic acids is 1. The van der Waals surface area contributed by atoms with Gasteiger partial charge in [-0.15, -0.1) is 0 Å². The number of carbonyl (C=O) groups is 2. The van der Waals surface area contributed by atoms with E-state index < -0.39 is 11.9 Å². The molecule has 1 aromatic carbocycles. The van der Waals surface area contributed by atoms with Crippen LogP contribution in [0.5, 0.6) is 0 Å². The number of amides is 1. The van der Waals surface area contributed by atoms with Crippen LogP contribution in [0.3, 0.4) is 0 Å². The molecule has 0 radical (unpaired) electrons. The summed E-state index contributed by atoms with van der Waals surface area (Å²) in [6.07, 6.45) is 2.27. The molecule has 4 nitrogen and oxygen atoms in total. The fourth-order valence-corrected chi connectivity index (χ4v) is 3.29. The van der Waals surface area contributed by atoms with E-state index in [0.717, 1.165) is 12.0 Å². The Morgan fingerprint density at radius 1 is 1.21 bits per heavy atom. The molecular weight excluding hydrogens is 309 g/mol. The SMILES string of the molecule is CC(C)(C)CC(NC(=O)[C@@H]1CC[C@H](C(=O)O)C1)c1ccc(F)cc1. The first kappa shape index (κ1) is 18.4. The van der Waals surface area contributed by atoms with Gasteiger partial charge in [-0.05, 0) is 48.8 Å². The monoisotopic (exact) mass is 335 g/mol. The first-order valence-electron chi connectivity index (χ1n) is 8.44. The van der Waals surface area contributed by atoms with Crippen molar-refractivity contribution in [1.29, 1.82) is 0 Å². The van der Waals surface area contributed by atoms with Crippen LogP contribution < -0.4 is 5.32 Å². The van der Waals surface area contributed by atoms with Gasteiger partial charge < -0.3 is 10.4 Å². The summed E-state index contributed by atoms with van der Waals surface area (Å²) in [4.78, 5) is 23.6. The number of hydrogen-bond acceptors (Lipinski definition) is 2. The quantitative estimate of drug-likeness (QED) is 0.857. The molecule has 132 valence electrons. The predicted molar refractivity (Wildman–Crippen MR) is 89.8 cm³/mol. The molecule has 0 aliphatic heterocycles. The maximum absolute atomic E-state index is 13.2. The van der Waals surface area contributed by atoms with Crippen molar-refractivity contribution in [3.05, 3.63) is 35.6 Å². The molecule has 5 heteroatoms. The lowest BCUT2D eigenvalue weighted by Gasteiger charge is -2.28. The number of rotatable bonds is 5. The summed E-state index contributed by atoms with van der Waals surface area (Å²) in [5, 5.41) is 12.1. The van der Waals surface area contributed by atoms with E-state index in [-0.39, 0.29) is 29.1 Å². The minimum atomic E-state index is -0.824. The van der Waals surface area contributed by atoms with E-state index in [9.17, 15) is 14.0 Å². The Labute approximate surface area is 142 Å². The molecule has 0 bridgehead atoms. The van der Waals surface area contributed by atoms with Crippen LogP contribution in [-0.4, -0.2) is 17.0 Å². The number of nitrogens with one attached hydrogen (secondary N) is 1. The van der Waals surface area contributed by atoms with Crippen molar-refractivity contribution in [3.63, 3.8) is 0 Å². The van der Waals surface area contributed by atoms with Gasteiger partial charge >= 0.3 is 5.97 Å². The van der Waals surface area contributed by atoms with E-state index in [1.165, 1.54) is 12.1 Å². The van der Waals surface area contributed by atoms with Crippen molar-refractivity contribution in [3.8, 4) is 0 Å². The smallest absolute Gasteiger partial charge is 0.306 e. The van der Waals surface area contributed by atoms with Gasteiger partial charge in [-0.3, -0.25) is 9.59 Å². The normalized spacial score (nSPS) is 22.2. The number of benzene rings is 1. The number of carbonyl (C=O) groups excluding carboxylic acids is 1. The average Bonchev–Trinajstić information content (AvgIpc) is 2.96. The van der Waals surface area contributed by atoms with Crippen LogP contribution in [0.25, 0.3) is 0 Å². The van der Waals surface area contributed by atoms with Crippen LogP contribution in [0.15, 0.2) is 24.3 Å². The van der Waals surface area contributed by atoms with Crippen LogP contribution in [0, 0.1) is 23.1 Å². The summed E-state index contributed by atoms with van der Waals surface area (Å²) in [5.41, 5.74) is 0.860. The lowest BCUT2D eigenvalue weighted by atomic mass is 9.85. The van der Waals surface area contributed by atoms with Crippen molar-refractivity contribution in [2.24, 2.45) is 17.3 Å². The van der Waals surface area contributed by atoms with Crippen molar-refractivity contribution < 1.29 is 19.1 Å². The fourth-order valence-electron chi connectivity index (χ4n) is 3.29. The van der Waals surface area contributed by atoms with E-state index in [2.05, 4.69) is 26.1 Å². The highest BCUT2D eigenvalue weighted by Gasteiger charge is 2.35. The lowest BCUT2D eigenvalue weighted by molar-refractivity contribution is -0.141. The van der Waals surface area contributed by atoms with Gasteiger partial charge in [0.1, 0.15) is 5.82 Å². The Morgan fingerprint density at radius 2 is 1.79 bits per heavy atom. The summed E-state index contributed by atoms with van der Waals surface area (Å²) in [5.74, 6) is -1.91. The summed E-state index contributed by atoms with van der Waals surface area (Å²) in [7, 11) is 0. The molecule has 2 rings (SSSR count). The van der Waals surface area contributed by atoms with Crippen LogP contribution in [0.1, 0.15) is 58.1 Å². The van der Waals surface area contributed by atoms with E-state index in [0.29, 0.717) is 19.3 Å². The molecule has 1 saturated carbocycles. The zero-order chi connectivity index (χ0) is 17.9. The second-order valence-electron chi connectivity index (χ2n) is 7.92. The van der Waals surface area contributed by atoms with Crippen LogP contribution in [-0.2, 0) is 9.59 Å². The molecule has 3 atom stereocenters. The van der Waals surface area contributed by atoms with Crippen molar-refractivity contribution in [2.45, 2.75) is 52.5 Å². The maximum Gasteiger partial charge on any atom is 0.306 e. The molecule has 0 saturated heterocycles. The van der Waals surface area contributed by atoms with Gasteiger partial charge in [0.15, 0.2) is 0 Å². The molecular formula is C19H26FNO3. The number of carboxylic acids is 1. The Morgan fingerprint density at radius 3 is 2.29 bits per heavy atom. The van der Waals surface area contributed by atoms with E-state index in [1.54, 1.807) is 12.1 Å². The number of carboxylic acid groups (broad SMARTS) is 1. The van der Waals surface area contributed by atoms with Crippen LogP contribution >= 0.6 is 0 Å². The molecule has 1 aliphatic rings. The molecule has 1 aromatic rings. The molecule has 1 amide bonds. The molecule has 1 unspecified atom stereocenters. The Bertz CT molecular complexity index is 592. The summed E-state index contributed by atoms with van der Waals surface area (Å²) in [6, 6.07) is 5.98. The molecule has 0 spiro atoms. The van der Waals surface area contributed by atoms with Gasteiger partial charge in [0.25, 0.3) is 0 Å². The van der Waals surface area contributed by atoms with E-state index in [1.807, 2.05) is 0 Å². The molecule has 0 aromatic heterocycles. The first-order chi connectivity index (χ1) is 11.2. The zero-order valence-corrected chi connectivity index (χ0v) is 14.5. The number of halogens is 1. The van der Waals surface area contributed by atoms with Gasteiger partial charge in [0, 0.05) is 5.92 Å². The Balaban J connectivity index is 2.09. The molecule has 24 heavy (non-hydrogen) atoms. The second-order valence-corrected chi connectivity index (χ2v) is 7.92. The highest BCUT2D eigenvalue weighted by molar-refractivity contribution is 5.81. The van der Waals surface area contributed by atoms with E-state index in [4.69, 9.17) is 5.11 Å². The van der Waals surface area contributed by atoms with Gasteiger partial charge in [0.2, 0.25) is 5.91 Å². The number of hydrogen-bond donors (Lipinski definition) is 2. The highest BCUT2D eigenvalue weighted by atomic mass is 19.1. The largest absolute Gasteiger partial charge is 0.481 e. The molecule has 2 N–H and O–H groups in total. The third-order valence-corrected chi connectivity index (χ3v) is 4.56. The highest BCUT2D eigenvalue weighted by Crippen LogP contribution is 2.34. The third-order valence-electron chi connectivity index (χ3n) is 4.56. The topological polar surface area (TPSA) is 66.4 Å². The second kappa shape index (κ2) is 7.32. The van der Waals surface area contributed by atoms with Crippen molar-refractivity contribution in [1.82, 2.24) is 5.32 Å². The molecule has 0 heterocycles. The van der Waals surface area contributed by atoms with Crippen molar-refractivity contribution in [2.75, 3.05) is 0 Å². The average molecular weight is 335 g/mol. The Hall–Kier alpha value is -1.91. The summed E-state index contributed by atoms with van der Waals surface area (Å²) in [6.45, 7) is 6.27. The summed E-state index contributed by atoms with van der Waals surface area (Å²) >= 11 is 0. The predicted octanol–water partition coefficient (Wildman–Crippen LogP) is 3.92. The maximum atomic E-state index is 13.2. The summed E-state index contributed by atoms with van der Waals surface area (Å²) < 4.78 is 13.2. The standard InChI is InChI=1S/C19H26FNO3/c1-19(2,3)11-16(12-6-8-15(20)9-7-12)21-17(22)13-4-5-14(10-13)18(23)24/h6-9,13-14,16H,4-5,10-11H2,1-3H3,(H,21,22)(H,23,24)/t13-,14+,16?/m1/s1. The van der Waals surface area contributed by atoms with Crippen molar-refractivity contribution >= 4 is 11.9 Å². The zero-order valence-electron chi connectivity index (χ0n) is 14.5.